The number of amides is 3. The van der Waals surface area contributed by atoms with Crippen LogP contribution >= 0.6 is 0 Å². The van der Waals surface area contributed by atoms with Gasteiger partial charge in [-0.15, -0.1) is 0 Å². The van der Waals surface area contributed by atoms with Gasteiger partial charge in [0.1, 0.15) is 17.0 Å². The molecule has 20 heavy (non-hydrogen) atoms. The zero-order chi connectivity index (χ0) is 14.3. The predicted molar refractivity (Wildman–Crippen MR) is 70.7 cm³/mol. The van der Waals surface area contributed by atoms with E-state index in [9.17, 15) is 9.59 Å². The molecule has 2 atom stereocenters. The van der Waals surface area contributed by atoms with E-state index < -0.39 is 5.54 Å². The van der Waals surface area contributed by atoms with Gasteiger partial charge in [-0.05, 0) is 25.7 Å². The molecular weight excluding hydrogens is 258 g/mol. The third-order valence-corrected chi connectivity index (χ3v) is 4.50. The smallest absolute Gasteiger partial charge is 0.325 e. The van der Waals surface area contributed by atoms with Crippen LogP contribution in [0.3, 0.4) is 0 Å². The zero-order valence-corrected chi connectivity index (χ0v) is 11.8. The summed E-state index contributed by atoms with van der Waals surface area (Å²) in [5.41, 5.74) is -0.0970. The lowest BCUT2D eigenvalue weighted by Crippen LogP contribution is -2.53. The summed E-state index contributed by atoms with van der Waals surface area (Å²) < 4.78 is 4.98. The molecule has 0 unspecified atom stereocenters. The second kappa shape index (κ2) is 4.61. The minimum atomic E-state index is -0.700. The lowest BCUT2D eigenvalue weighted by Gasteiger charge is -2.36. The normalized spacial score (nSPS) is 30.1. The average Bonchev–Trinajstić information content (AvgIpc) is 2.92. The van der Waals surface area contributed by atoms with Gasteiger partial charge in [0.2, 0.25) is 0 Å². The molecule has 6 heteroatoms. The number of nitrogens with zero attached hydrogens (tertiary/aromatic N) is 2. The van der Waals surface area contributed by atoms with Gasteiger partial charge in [0.05, 0.1) is 6.54 Å². The first kappa shape index (κ1) is 13.1. The molecule has 108 valence electrons. The van der Waals surface area contributed by atoms with Crippen LogP contribution in [0.1, 0.15) is 44.1 Å². The van der Waals surface area contributed by atoms with Crippen LogP contribution in [0.5, 0.6) is 0 Å². The first-order chi connectivity index (χ1) is 9.53. The van der Waals surface area contributed by atoms with Crippen molar-refractivity contribution in [3.05, 3.63) is 17.5 Å². The highest BCUT2D eigenvalue weighted by atomic mass is 16.5. The minimum Gasteiger partial charge on any atom is -0.361 e. The third-order valence-electron chi connectivity index (χ3n) is 4.50. The second-order valence-electron chi connectivity index (χ2n) is 5.87. The third kappa shape index (κ3) is 1.90. The highest BCUT2D eigenvalue weighted by Crippen LogP contribution is 2.38. The van der Waals surface area contributed by atoms with Gasteiger partial charge in [-0.3, -0.25) is 9.69 Å². The van der Waals surface area contributed by atoms with E-state index in [2.05, 4.69) is 10.5 Å². The summed E-state index contributed by atoms with van der Waals surface area (Å²) in [6.07, 6.45) is 3.80. The molecule has 1 aromatic heterocycles. The molecule has 1 aliphatic heterocycles. The van der Waals surface area contributed by atoms with Gasteiger partial charge in [-0.2, -0.15) is 0 Å². The maximum Gasteiger partial charge on any atom is 0.325 e. The number of aryl methyl sites for hydroxylation is 1. The van der Waals surface area contributed by atoms with Gasteiger partial charge in [0, 0.05) is 6.07 Å². The Balaban J connectivity index is 1.83. The first-order valence-electron chi connectivity index (χ1n) is 7.09. The van der Waals surface area contributed by atoms with Crippen molar-refractivity contribution < 1.29 is 14.1 Å². The van der Waals surface area contributed by atoms with E-state index in [0.717, 1.165) is 25.7 Å². The van der Waals surface area contributed by atoms with E-state index >= 15 is 0 Å². The van der Waals surface area contributed by atoms with E-state index in [0.29, 0.717) is 11.5 Å². The Hall–Kier alpha value is -1.85. The highest BCUT2D eigenvalue weighted by Gasteiger charge is 2.54. The Morgan fingerprint density at radius 1 is 1.50 bits per heavy atom. The van der Waals surface area contributed by atoms with Crippen molar-refractivity contribution >= 4 is 11.9 Å². The lowest BCUT2D eigenvalue weighted by molar-refractivity contribution is -0.134. The Kier molecular flexibility index (Phi) is 3.03. The van der Waals surface area contributed by atoms with E-state index in [1.165, 1.54) is 4.90 Å². The standard InChI is InChI=1S/C14H19N3O3/c1-9-5-3-4-6-14(9)12(18)17(13(19)15-14)8-11-7-10(2)20-16-11/h7,9H,3-6,8H2,1-2H3,(H,15,19)/t9-,14+/m1/s1. The second-order valence-corrected chi connectivity index (χ2v) is 5.87. The topological polar surface area (TPSA) is 75.4 Å². The number of hydrogen-bond acceptors (Lipinski definition) is 4. The maximum absolute atomic E-state index is 12.7. The van der Waals surface area contributed by atoms with Crippen LogP contribution in [0.2, 0.25) is 0 Å². The number of nitrogens with one attached hydrogen (secondary N) is 1. The van der Waals surface area contributed by atoms with E-state index in [1.54, 1.807) is 13.0 Å². The lowest BCUT2D eigenvalue weighted by atomic mass is 9.73. The largest absolute Gasteiger partial charge is 0.361 e. The number of urea groups is 1. The zero-order valence-electron chi connectivity index (χ0n) is 11.8. The van der Waals surface area contributed by atoms with Gasteiger partial charge in [0.15, 0.2) is 0 Å². The summed E-state index contributed by atoms with van der Waals surface area (Å²) in [6.45, 7) is 4.00. The highest BCUT2D eigenvalue weighted by molar-refractivity contribution is 6.07. The number of aromatic nitrogens is 1. The van der Waals surface area contributed by atoms with Crippen molar-refractivity contribution in [3.63, 3.8) is 0 Å². The SMILES string of the molecule is Cc1cc(CN2C(=O)N[C@]3(CCCC[C@H]3C)C2=O)no1. The number of rotatable bonds is 2. The molecule has 3 rings (SSSR count). The van der Waals surface area contributed by atoms with Crippen molar-refractivity contribution in [3.8, 4) is 0 Å². The van der Waals surface area contributed by atoms with Crippen molar-refractivity contribution in [1.29, 1.82) is 0 Å². The van der Waals surface area contributed by atoms with E-state index in [1.807, 2.05) is 6.92 Å². The Labute approximate surface area is 117 Å². The fourth-order valence-electron chi connectivity index (χ4n) is 3.29. The van der Waals surface area contributed by atoms with Gasteiger partial charge >= 0.3 is 6.03 Å². The summed E-state index contributed by atoms with van der Waals surface area (Å²) in [5.74, 6) is 0.736. The quantitative estimate of drug-likeness (QED) is 0.839. The molecule has 0 radical (unpaired) electrons. The van der Waals surface area contributed by atoms with Crippen molar-refractivity contribution in [2.24, 2.45) is 5.92 Å². The number of carbonyl (C=O) groups is 2. The van der Waals surface area contributed by atoms with Crippen LogP contribution in [0.4, 0.5) is 4.79 Å². The minimum absolute atomic E-state index is 0.115. The average molecular weight is 277 g/mol. The molecule has 1 aromatic rings. The van der Waals surface area contributed by atoms with Gasteiger partial charge in [0.25, 0.3) is 5.91 Å². The van der Waals surface area contributed by atoms with Gasteiger partial charge in [-0.25, -0.2) is 4.79 Å². The fourth-order valence-corrected chi connectivity index (χ4v) is 3.29. The summed E-state index contributed by atoms with van der Waals surface area (Å²) in [7, 11) is 0. The molecule has 2 fully saturated rings. The van der Waals surface area contributed by atoms with Gasteiger partial charge in [-0.1, -0.05) is 24.9 Å². The van der Waals surface area contributed by atoms with Crippen LogP contribution in [-0.2, 0) is 11.3 Å². The van der Waals surface area contributed by atoms with Crippen LogP contribution in [0.15, 0.2) is 10.6 Å². The summed E-state index contributed by atoms with van der Waals surface area (Å²) in [5, 5.41) is 6.78. The molecule has 0 aromatic carbocycles. The molecule has 0 bridgehead atoms. The molecular formula is C14H19N3O3. The molecule has 1 saturated heterocycles. The molecule has 1 saturated carbocycles. The van der Waals surface area contributed by atoms with Crippen molar-refractivity contribution in [2.75, 3.05) is 0 Å². The van der Waals surface area contributed by atoms with Crippen LogP contribution in [0, 0.1) is 12.8 Å². The molecule has 1 N–H and O–H groups in total. The van der Waals surface area contributed by atoms with Crippen LogP contribution < -0.4 is 5.32 Å². The molecule has 6 nitrogen and oxygen atoms in total. The monoisotopic (exact) mass is 277 g/mol. The molecule has 1 aliphatic carbocycles. The number of carbonyl (C=O) groups excluding carboxylic acids is 2. The summed E-state index contributed by atoms with van der Waals surface area (Å²) in [4.78, 5) is 26.1. The van der Waals surface area contributed by atoms with Crippen LogP contribution in [0.25, 0.3) is 0 Å². The Bertz CT molecular complexity index is 554. The van der Waals surface area contributed by atoms with E-state index in [-0.39, 0.29) is 24.4 Å². The van der Waals surface area contributed by atoms with Crippen LogP contribution in [-0.4, -0.2) is 27.5 Å². The molecule has 3 amide bonds. The Morgan fingerprint density at radius 3 is 2.95 bits per heavy atom. The predicted octanol–water partition coefficient (Wildman–Crippen LogP) is 1.98. The van der Waals surface area contributed by atoms with Gasteiger partial charge < -0.3 is 9.84 Å². The molecule has 1 spiro atoms. The Morgan fingerprint density at radius 2 is 2.30 bits per heavy atom. The maximum atomic E-state index is 12.7. The number of hydrogen-bond donors (Lipinski definition) is 1. The fraction of sp³-hybridized carbons (Fsp3) is 0.643. The summed E-state index contributed by atoms with van der Waals surface area (Å²) in [6, 6.07) is 1.43. The van der Waals surface area contributed by atoms with Crippen molar-refractivity contribution in [1.82, 2.24) is 15.4 Å². The first-order valence-corrected chi connectivity index (χ1v) is 7.09. The summed E-state index contributed by atoms with van der Waals surface area (Å²) >= 11 is 0. The molecule has 2 aliphatic rings. The van der Waals surface area contributed by atoms with E-state index in [4.69, 9.17) is 4.52 Å². The number of imide groups is 1. The molecule has 2 heterocycles. The van der Waals surface area contributed by atoms with Crippen molar-refractivity contribution in [2.45, 2.75) is 51.6 Å².